The second-order valence-corrected chi connectivity index (χ2v) is 6.94. The number of ether oxygens (including phenoxy) is 1. The van der Waals surface area contributed by atoms with Crippen molar-refractivity contribution in [2.75, 3.05) is 12.9 Å². The Morgan fingerprint density at radius 1 is 1.16 bits per heavy atom. The minimum atomic E-state index is 0.687. The van der Waals surface area contributed by atoms with Gasteiger partial charge in [-0.1, -0.05) is 47.6 Å². The van der Waals surface area contributed by atoms with Gasteiger partial charge < -0.3 is 4.74 Å². The Hall–Kier alpha value is -2.24. The van der Waals surface area contributed by atoms with Gasteiger partial charge in [0.05, 0.1) is 12.7 Å². The fraction of sp³-hybridized carbons (Fsp3) is 0.158. The van der Waals surface area contributed by atoms with Gasteiger partial charge in [0, 0.05) is 16.5 Å². The highest BCUT2D eigenvalue weighted by molar-refractivity contribution is 7.99. The zero-order valence-electron chi connectivity index (χ0n) is 14.1. The number of hydrogen-bond acceptors (Lipinski definition) is 4. The largest absolute Gasteiger partial charge is 0.496 e. The van der Waals surface area contributed by atoms with Crippen LogP contribution < -0.4 is 4.74 Å². The number of methoxy groups -OCH3 is 1. The number of rotatable bonds is 6. The third kappa shape index (κ3) is 3.89. The van der Waals surface area contributed by atoms with Crippen molar-refractivity contribution in [1.82, 2.24) is 14.8 Å². The van der Waals surface area contributed by atoms with Crippen LogP contribution in [0.1, 0.15) is 6.92 Å². The molecule has 3 rings (SSSR count). The second-order valence-electron chi connectivity index (χ2n) is 5.56. The van der Waals surface area contributed by atoms with E-state index in [2.05, 4.69) is 16.8 Å². The molecule has 0 bridgehead atoms. The van der Waals surface area contributed by atoms with E-state index in [9.17, 15) is 0 Å². The highest BCUT2D eigenvalue weighted by Crippen LogP contribution is 2.33. The molecule has 2 aromatic carbocycles. The molecule has 0 saturated carbocycles. The van der Waals surface area contributed by atoms with E-state index in [1.807, 2.05) is 60.0 Å². The number of halogens is 1. The number of hydrogen-bond donors (Lipinski definition) is 0. The Morgan fingerprint density at radius 2 is 1.88 bits per heavy atom. The van der Waals surface area contributed by atoms with Crippen LogP contribution in [0.25, 0.3) is 17.1 Å². The molecule has 0 unspecified atom stereocenters. The SMILES string of the molecule is C=C(C)CSc1nnc(-c2ccccc2OC)n1-c1ccc(Cl)cc1. The molecule has 0 aliphatic carbocycles. The maximum atomic E-state index is 6.04. The van der Waals surface area contributed by atoms with E-state index in [0.717, 1.165) is 39.3 Å². The minimum absolute atomic E-state index is 0.687. The van der Waals surface area contributed by atoms with Crippen molar-refractivity contribution in [3.05, 3.63) is 65.7 Å². The van der Waals surface area contributed by atoms with Crippen LogP contribution in [0, 0.1) is 0 Å². The molecule has 0 aliphatic rings. The molecule has 0 amide bonds. The van der Waals surface area contributed by atoms with Crippen LogP contribution >= 0.6 is 23.4 Å². The number of aromatic nitrogens is 3. The first-order valence-corrected chi connectivity index (χ1v) is 9.08. The summed E-state index contributed by atoms with van der Waals surface area (Å²) >= 11 is 7.64. The maximum Gasteiger partial charge on any atom is 0.196 e. The van der Waals surface area contributed by atoms with Crippen molar-refractivity contribution in [3.63, 3.8) is 0 Å². The summed E-state index contributed by atoms with van der Waals surface area (Å²) in [5.74, 6) is 2.25. The van der Waals surface area contributed by atoms with Gasteiger partial charge in [-0.25, -0.2) is 0 Å². The van der Waals surface area contributed by atoms with E-state index in [4.69, 9.17) is 16.3 Å². The van der Waals surface area contributed by atoms with Crippen LogP contribution in [0.15, 0.2) is 65.8 Å². The normalized spacial score (nSPS) is 10.7. The highest BCUT2D eigenvalue weighted by Gasteiger charge is 2.18. The molecule has 0 spiro atoms. The Kier molecular flexibility index (Phi) is 5.46. The smallest absolute Gasteiger partial charge is 0.196 e. The molecule has 1 aromatic heterocycles. The first-order chi connectivity index (χ1) is 12.1. The Labute approximate surface area is 156 Å². The fourth-order valence-electron chi connectivity index (χ4n) is 2.38. The Morgan fingerprint density at radius 3 is 2.56 bits per heavy atom. The lowest BCUT2D eigenvalue weighted by atomic mass is 10.2. The maximum absolute atomic E-state index is 6.04. The molecule has 0 atom stereocenters. The number of thioether (sulfide) groups is 1. The van der Waals surface area contributed by atoms with Crippen LogP contribution in [-0.2, 0) is 0 Å². The van der Waals surface area contributed by atoms with Crippen LogP contribution in [0.4, 0.5) is 0 Å². The van der Waals surface area contributed by atoms with Crippen molar-refractivity contribution >= 4 is 23.4 Å². The Balaban J connectivity index is 2.15. The molecule has 1 heterocycles. The molecule has 0 fully saturated rings. The van der Waals surface area contributed by atoms with Gasteiger partial charge >= 0.3 is 0 Å². The van der Waals surface area contributed by atoms with E-state index in [-0.39, 0.29) is 0 Å². The van der Waals surface area contributed by atoms with E-state index in [0.29, 0.717) is 5.02 Å². The average Bonchev–Trinajstić information content (AvgIpc) is 3.04. The van der Waals surface area contributed by atoms with Crippen molar-refractivity contribution in [3.8, 4) is 22.8 Å². The fourth-order valence-corrected chi connectivity index (χ4v) is 3.30. The van der Waals surface area contributed by atoms with Gasteiger partial charge in [0.25, 0.3) is 0 Å². The summed E-state index contributed by atoms with van der Waals surface area (Å²) in [4.78, 5) is 0. The van der Waals surface area contributed by atoms with Gasteiger partial charge in [-0.15, -0.1) is 10.2 Å². The predicted molar refractivity (Wildman–Crippen MR) is 104 cm³/mol. The summed E-state index contributed by atoms with van der Waals surface area (Å²) in [5.41, 5.74) is 2.91. The molecular weight excluding hydrogens is 354 g/mol. The van der Waals surface area contributed by atoms with Crippen molar-refractivity contribution in [2.45, 2.75) is 12.1 Å². The van der Waals surface area contributed by atoms with E-state index >= 15 is 0 Å². The van der Waals surface area contributed by atoms with Gasteiger partial charge in [0.1, 0.15) is 5.75 Å². The van der Waals surface area contributed by atoms with Gasteiger partial charge in [0.2, 0.25) is 0 Å². The standard InChI is InChI=1S/C19H18ClN3OS/c1-13(2)12-25-19-22-21-18(16-6-4-5-7-17(16)24-3)23(19)15-10-8-14(20)9-11-15/h4-11H,1,12H2,2-3H3. The molecule has 4 nitrogen and oxygen atoms in total. The van der Waals surface area contributed by atoms with E-state index < -0.39 is 0 Å². The minimum Gasteiger partial charge on any atom is -0.496 e. The first kappa shape index (κ1) is 17.6. The van der Waals surface area contributed by atoms with Gasteiger partial charge in [-0.2, -0.15) is 0 Å². The second kappa shape index (κ2) is 7.76. The van der Waals surface area contributed by atoms with Crippen molar-refractivity contribution in [2.24, 2.45) is 0 Å². The summed E-state index contributed by atoms with van der Waals surface area (Å²) in [6, 6.07) is 15.4. The summed E-state index contributed by atoms with van der Waals surface area (Å²) in [6.07, 6.45) is 0. The van der Waals surface area contributed by atoms with E-state index in [1.54, 1.807) is 18.9 Å². The average molecular weight is 372 g/mol. The monoisotopic (exact) mass is 371 g/mol. The molecule has 0 N–H and O–H groups in total. The zero-order valence-corrected chi connectivity index (χ0v) is 15.6. The summed E-state index contributed by atoms with van der Waals surface area (Å²) in [5, 5.41) is 10.3. The molecule has 6 heteroatoms. The quantitative estimate of drug-likeness (QED) is 0.437. The number of nitrogens with zero attached hydrogens (tertiary/aromatic N) is 3. The van der Waals surface area contributed by atoms with Crippen LogP contribution in [0.3, 0.4) is 0 Å². The zero-order chi connectivity index (χ0) is 17.8. The van der Waals surface area contributed by atoms with Crippen molar-refractivity contribution < 1.29 is 4.74 Å². The van der Waals surface area contributed by atoms with Gasteiger partial charge in [-0.3, -0.25) is 4.57 Å². The predicted octanol–water partition coefficient (Wildman–Crippen LogP) is 5.26. The molecule has 3 aromatic rings. The summed E-state index contributed by atoms with van der Waals surface area (Å²) < 4.78 is 7.51. The number of para-hydroxylation sites is 1. The molecule has 0 aliphatic heterocycles. The molecule has 25 heavy (non-hydrogen) atoms. The third-order valence-corrected chi connectivity index (χ3v) is 4.93. The van der Waals surface area contributed by atoms with Gasteiger partial charge in [-0.05, 0) is 43.3 Å². The Bertz CT molecular complexity index is 890. The molecule has 0 saturated heterocycles. The van der Waals surface area contributed by atoms with Gasteiger partial charge in [0.15, 0.2) is 11.0 Å². The van der Waals surface area contributed by atoms with Crippen LogP contribution in [0.2, 0.25) is 5.02 Å². The lowest BCUT2D eigenvalue weighted by Gasteiger charge is -2.12. The van der Waals surface area contributed by atoms with Crippen LogP contribution in [0.5, 0.6) is 5.75 Å². The van der Waals surface area contributed by atoms with Crippen LogP contribution in [-0.4, -0.2) is 27.6 Å². The number of benzene rings is 2. The summed E-state index contributed by atoms with van der Waals surface area (Å²) in [7, 11) is 1.65. The summed E-state index contributed by atoms with van der Waals surface area (Å²) in [6.45, 7) is 5.96. The van der Waals surface area contributed by atoms with Crippen molar-refractivity contribution in [1.29, 1.82) is 0 Å². The topological polar surface area (TPSA) is 39.9 Å². The highest BCUT2D eigenvalue weighted by atomic mass is 35.5. The first-order valence-electron chi connectivity index (χ1n) is 7.72. The molecule has 128 valence electrons. The van der Waals surface area contributed by atoms with E-state index in [1.165, 1.54) is 0 Å². The molecule has 0 radical (unpaired) electrons. The molecular formula is C19H18ClN3OS. The third-order valence-electron chi connectivity index (χ3n) is 3.51. The lowest BCUT2D eigenvalue weighted by molar-refractivity contribution is 0.416. The lowest BCUT2D eigenvalue weighted by Crippen LogP contribution is -2.01.